The largest absolute Gasteiger partial charge is 0.497 e. The number of hydrogen-bond donors (Lipinski definition) is 1. The van der Waals surface area contributed by atoms with E-state index in [0.29, 0.717) is 16.5 Å². The summed E-state index contributed by atoms with van der Waals surface area (Å²) in [6, 6.07) is 14.9. The molecule has 3 aromatic rings. The summed E-state index contributed by atoms with van der Waals surface area (Å²) >= 11 is 5.77. The molecule has 0 aliphatic heterocycles. The first-order chi connectivity index (χ1) is 12.0. The van der Waals surface area contributed by atoms with Gasteiger partial charge in [0.05, 0.1) is 18.6 Å². The maximum atomic E-state index is 12.2. The Hall–Kier alpha value is -2.35. The zero-order valence-electron chi connectivity index (χ0n) is 13.3. The Morgan fingerprint density at radius 1 is 1.12 bits per heavy atom. The van der Waals surface area contributed by atoms with Crippen molar-refractivity contribution in [2.24, 2.45) is 0 Å². The van der Waals surface area contributed by atoms with Crippen LogP contribution in [0.25, 0.3) is 11.3 Å². The van der Waals surface area contributed by atoms with E-state index in [0.717, 1.165) is 11.3 Å². The fourth-order valence-electron chi connectivity index (χ4n) is 2.16. The van der Waals surface area contributed by atoms with Gasteiger partial charge in [-0.25, -0.2) is 13.1 Å². The Bertz CT molecular complexity index is 951. The van der Waals surface area contributed by atoms with Gasteiger partial charge < -0.3 is 9.26 Å². The molecule has 0 amide bonds. The summed E-state index contributed by atoms with van der Waals surface area (Å²) in [5, 5.41) is 4.43. The van der Waals surface area contributed by atoms with E-state index in [4.69, 9.17) is 20.9 Å². The SMILES string of the molecule is COc1ccc(-c2cc(CNS(=O)(=O)c3ccc(Cl)cc3)on2)cc1. The van der Waals surface area contributed by atoms with E-state index < -0.39 is 10.0 Å². The molecule has 0 saturated heterocycles. The predicted molar refractivity (Wildman–Crippen MR) is 94.0 cm³/mol. The van der Waals surface area contributed by atoms with Gasteiger partial charge in [0.2, 0.25) is 10.0 Å². The molecule has 1 N–H and O–H groups in total. The van der Waals surface area contributed by atoms with E-state index in [9.17, 15) is 8.42 Å². The van der Waals surface area contributed by atoms with Gasteiger partial charge in [0, 0.05) is 16.7 Å². The van der Waals surface area contributed by atoms with Crippen LogP contribution in [0.4, 0.5) is 0 Å². The van der Waals surface area contributed by atoms with Crippen LogP contribution in [0.1, 0.15) is 5.76 Å². The minimum absolute atomic E-state index is 0.00584. The first kappa shape index (κ1) is 17.5. The molecular formula is C17H15ClN2O4S. The average Bonchev–Trinajstić information content (AvgIpc) is 3.10. The van der Waals surface area contributed by atoms with Crippen molar-refractivity contribution in [3.63, 3.8) is 0 Å². The molecule has 0 atom stereocenters. The fourth-order valence-corrected chi connectivity index (χ4v) is 3.28. The maximum absolute atomic E-state index is 12.2. The summed E-state index contributed by atoms with van der Waals surface area (Å²) in [6.45, 7) is -0.00584. The van der Waals surface area contributed by atoms with Gasteiger partial charge in [-0.2, -0.15) is 0 Å². The average molecular weight is 379 g/mol. The van der Waals surface area contributed by atoms with Gasteiger partial charge >= 0.3 is 0 Å². The number of nitrogens with zero attached hydrogens (tertiary/aromatic N) is 1. The van der Waals surface area contributed by atoms with Crippen LogP contribution < -0.4 is 9.46 Å². The molecule has 2 aromatic carbocycles. The molecule has 0 saturated carbocycles. The summed E-state index contributed by atoms with van der Waals surface area (Å²) in [5.74, 6) is 1.14. The van der Waals surface area contributed by atoms with Crippen molar-refractivity contribution in [2.75, 3.05) is 7.11 Å². The molecule has 1 aromatic heterocycles. The highest BCUT2D eigenvalue weighted by Gasteiger charge is 2.15. The first-order valence-corrected chi connectivity index (χ1v) is 9.19. The lowest BCUT2D eigenvalue weighted by Crippen LogP contribution is -2.22. The standard InChI is InChI=1S/C17H15ClN2O4S/c1-23-14-6-2-12(3-7-14)17-10-15(24-20-17)11-19-25(21,22)16-8-4-13(18)5-9-16/h2-10,19H,11H2,1H3. The maximum Gasteiger partial charge on any atom is 0.240 e. The zero-order chi connectivity index (χ0) is 17.9. The molecule has 0 aliphatic carbocycles. The molecule has 0 fully saturated rings. The lowest BCUT2D eigenvalue weighted by atomic mass is 10.1. The van der Waals surface area contributed by atoms with Crippen molar-refractivity contribution in [1.29, 1.82) is 0 Å². The molecule has 0 unspecified atom stereocenters. The highest BCUT2D eigenvalue weighted by atomic mass is 35.5. The molecule has 0 radical (unpaired) electrons. The van der Waals surface area contributed by atoms with E-state index in [1.807, 2.05) is 24.3 Å². The minimum Gasteiger partial charge on any atom is -0.497 e. The fraction of sp³-hybridized carbons (Fsp3) is 0.118. The predicted octanol–water partition coefficient (Wildman–Crippen LogP) is 3.48. The Balaban J connectivity index is 1.69. The van der Waals surface area contributed by atoms with Gasteiger partial charge in [-0.15, -0.1) is 0 Å². The van der Waals surface area contributed by atoms with Gasteiger partial charge in [-0.1, -0.05) is 16.8 Å². The number of halogens is 1. The number of ether oxygens (including phenoxy) is 1. The van der Waals surface area contributed by atoms with E-state index in [1.54, 1.807) is 13.2 Å². The second kappa shape index (κ2) is 7.26. The number of benzene rings is 2. The Morgan fingerprint density at radius 2 is 1.80 bits per heavy atom. The summed E-state index contributed by atoms with van der Waals surface area (Å²) in [6.07, 6.45) is 0. The monoisotopic (exact) mass is 378 g/mol. The summed E-state index contributed by atoms with van der Waals surface area (Å²) in [5.41, 5.74) is 1.46. The van der Waals surface area contributed by atoms with E-state index in [-0.39, 0.29) is 11.4 Å². The van der Waals surface area contributed by atoms with Crippen LogP contribution in [0.5, 0.6) is 5.75 Å². The van der Waals surface area contributed by atoms with Gasteiger partial charge in [0.1, 0.15) is 11.4 Å². The second-order valence-electron chi connectivity index (χ2n) is 5.19. The molecule has 130 valence electrons. The Morgan fingerprint density at radius 3 is 2.44 bits per heavy atom. The molecule has 1 heterocycles. The molecule has 25 heavy (non-hydrogen) atoms. The third kappa shape index (κ3) is 4.19. The molecule has 0 aliphatic rings. The van der Waals surface area contributed by atoms with E-state index in [2.05, 4.69) is 9.88 Å². The number of rotatable bonds is 6. The smallest absolute Gasteiger partial charge is 0.240 e. The third-order valence-electron chi connectivity index (χ3n) is 3.51. The lowest BCUT2D eigenvalue weighted by Gasteiger charge is -2.04. The van der Waals surface area contributed by atoms with E-state index >= 15 is 0 Å². The highest BCUT2D eigenvalue weighted by Crippen LogP contribution is 2.22. The van der Waals surface area contributed by atoms with Crippen LogP contribution in [0, 0.1) is 0 Å². The van der Waals surface area contributed by atoms with Crippen LogP contribution in [-0.2, 0) is 16.6 Å². The van der Waals surface area contributed by atoms with Crippen molar-refractivity contribution >= 4 is 21.6 Å². The van der Waals surface area contributed by atoms with Crippen LogP contribution in [0.2, 0.25) is 5.02 Å². The second-order valence-corrected chi connectivity index (χ2v) is 7.39. The summed E-state index contributed by atoms with van der Waals surface area (Å²) in [4.78, 5) is 0.131. The number of methoxy groups -OCH3 is 1. The van der Waals surface area contributed by atoms with Gasteiger partial charge in [-0.3, -0.25) is 0 Å². The van der Waals surface area contributed by atoms with Crippen LogP contribution in [0.15, 0.2) is 64.0 Å². The van der Waals surface area contributed by atoms with Crippen LogP contribution in [0.3, 0.4) is 0 Å². The van der Waals surface area contributed by atoms with Crippen molar-refractivity contribution in [1.82, 2.24) is 9.88 Å². The highest BCUT2D eigenvalue weighted by molar-refractivity contribution is 7.89. The Labute approximate surface area is 150 Å². The molecule has 0 bridgehead atoms. The van der Waals surface area contributed by atoms with Gasteiger partial charge in [-0.05, 0) is 48.5 Å². The number of aromatic nitrogens is 1. The van der Waals surface area contributed by atoms with Gasteiger partial charge in [0.25, 0.3) is 0 Å². The van der Waals surface area contributed by atoms with Crippen molar-refractivity contribution < 1.29 is 17.7 Å². The number of sulfonamides is 1. The van der Waals surface area contributed by atoms with Crippen LogP contribution >= 0.6 is 11.6 Å². The summed E-state index contributed by atoms with van der Waals surface area (Å²) in [7, 11) is -2.06. The normalized spacial score (nSPS) is 11.4. The molecule has 8 heteroatoms. The minimum atomic E-state index is -3.65. The third-order valence-corrected chi connectivity index (χ3v) is 5.17. The Kier molecular flexibility index (Phi) is 5.08. The molecule has 6 nitrogen and oxygen atoms in total. The summed E-state index contributed by atoms with van der Waals surface area (Å²) < 4.78 is 37.2. The van der Waals surface area contributed by atoms with Crippen molar-refractivity contribution in [3.05, 3.63) is 65.4 Å². The van der Waals surface area contributed by atoms with E-state index in [1.165, 1.54) is 24.3 Å². The van der Waals surface area contributed by atoms with Gasteiger partial charge in [0.15, 0.2) is 5.76 Å². The van der Waals surface area contributed by atoms with Crippen molar-refractivity contribution in [3.8, 4) is 17.0 Å². The topological polar surface area (TPSA) is 81.4 Å². The van der Waals surface area contributed by atoms with Crippen LogP contribution in [-0.4, -0.2) is 20.7 Å². The quantitative estimate of drug-likeness (QED) is 0.710. The molecular weight excluding hydrogens is 364 g/mol. The first-order valence-electron chi connectivity index (χ1n) is 7.33. The number of nitrogens with one attached hydrogen (secondary N) is 1. The zero-order valence-corrected chi connectivity index (χ0v) is 14.8. The number of hydrogen-bond acceptors (Lipinski definition) is 5. The molecule has 0 spiro atoms. The molecule has 3 rings (SSSR count). The van der Waals surface area contributed by atoms with Crippen molar-refractivity contribution in [2.45, 2.75) is 11.4 Å². The lowest BCUT2D eigenvalue weighted by molar-refractivity contribution is 0.382.